The van der Waals surface area contributed by atoms with Crippen LogP contribution in [0.1, 0.15) is 6.42 Å². The van der Waals surface area contributed by atoms with Gasteiger partial charge in [0, 0.05) is 6.54 Å². The molecule has 0 saturated heterocycles. The summed E-state index contributed by atoms with van der Waals surface area (Å²) >= 11 is 0. The Balaban J connectivity index is 2.58. The van der Waals surface area contributed by atoms with Gasteiger partial charge in [0.15, 0.2) is 0 Å². The zero-order valence-corrected chi connectivity index (χ0v) is 8.39. The zero-order chi connectivity index (χ0) is 10.7. The number of fused-ring (bicyclic) bond motifs is 1. The average Bonchev–Trinajstić information content (AvgIpc) is 2.28. The molecule has 0 aliphatic carbocycles. The van der Waals surface area contributed by atoms with Crippen molar-refractivity contribution < 1.29 is 0 Å². The molecule has 1 aromatic heterocycles. The maximum absolute atomic E-state index is 11.6. The van der Waals surface area contributed by atoms with E-state index in [0.29, 0.717) is 13.1 Å². The van der Waals surface area contributed by atoms with Crippen LogP contribution in [0.25, 0.3) is 11.0 Å². The molecule has 0 saturated carbocycles. The fourth-order valence-electron chi connectivity index (χ4n) is 1.59. The van der Waals surface area contributed by atoms with Gasteiger partial charge in [-0.25, -0.2) is 4.98 Å². The number of aryl methyl sites for hydroxylation is 1. The van der Waals surface area contributed by atoms with E-state index < -0.39 is 0 Å². The zero-order valence-electron chi connectivity index (χ0n) is 8.39. The molecule has 2 aromatic rings. The number of nitrogens with two attached hydrogens (primary N) is 1. The number of hydrogen-bond acceptors (Lipinski definition) is 3. The molecular formula is C11H13N3O. The van der Waals surface area contributed by atoms with Crippen LogP contribution in [0.5, 0.6) is 0 Å². The second-order valence-electron chi connectivity index (χ2n) is 3.38. The van der Waals surface area contributed by atoms with E-state index in [1.807, 2.05) is 24.3 Å². The standard InChI is InChI=1S/C11H13N3O/c12-6-3-7-14-10-5-2-1-4-9(10)13-8-11(14)15/h1-2,4-5,8H,3,6-7,12H2. The predicted octanol–water partition coefficient (Wildman–Crippen LogP) is 0.745. The Kier molecular flexibility index (Phi) is 2.78. The van der Waals surface area contributed by atoms with Crippen LogP contribution in [0.3, 0.4) is 0 Å². The van der Waals surface area contributed by atoms with Gasteiger partial charge in [-0.15, -0.1) is 0 Å². The van der Waals surface area contributed by atoms with Crippen molar-refractivity contribution in [3.8, 4) is 0 Å². The highest BCUT2D eigenvalue weighted by atomic mass is 16.1. The van der Waals surface area contributed by atoms with Crippen LogP contribution in [0, 0.1) is 0 Å². The molecular weight excluding hydrogens is 190 g/mol. The molecule has 0 bridgehead atoms. The summed E-state index contributed by atoms with van der Waals surface area (Å²) in [5, 5.41) is 0. The molecule has 0 atom stereocenters. The van der Waals surface area contributed by atoms with E-state index >= 15 is 0 Å². The summed E-state index contributed by atoms with van der Waals surface area (Å²) in [6.07, 6.45) is 2.16. The van der Waals surface area contributed by atoms with Gasteiger partial charge in [-0.3, -0.25) is 4.79 Å². The smallest absolute Gasteiger partial charge is 0.269 e. The van der Waals surface area contributed by atoms with Crippen molar-refractivity contribution in [3.05, 3.63) is 40.8 Å². The van der Waals surface area contributed by atoms with Gasteiger partial charge in [-0.1, -0.05) is 12.1 Å². The molecule has 15 heavy (non-hydrogen) atoms. The molecule has 0 unspecified atom stereocenters. The number of nitrogens with zero attached hydrogens (tertiary/aromatic N) is 2. The Bertz CT molecular complexity index is 518. The second kappa shape index (κ2) is 4.23. The van der Waals surface area contributed by atoms with Gasteiger partial charge in [0.2, 0.25) is 0 Å². The Morgan fingerprint density at radius 1 is 1.33 bits per heavy atom. The highest BCUT2D eigenvalue weighted by molar-refractivity contribution is 5.74. The van der Waals surface area contributed by atoms with E-state index in [4.69, 9.17) is 5.73 Å². The first-order valence-corrected chi connectivity index (χ1v) is 4.97. The summed E-state index contributed by atoms with van der Waals surface area (Å²) in [5.74, 6) is 0. The van der Waals surface area contributed by atoms with Gasteiger partial charge < -0.3 is 10.3 Å². The van der Waals surface area contributed by atoms with Crippen molar-refractivity contribution in [2.24, 2.45) is 5.73 Å². The number of hydrogen-bond donors (Lipinski definition) is 1. The van der Waals surface area contributed by atoms with Crippen LogP contribution < -0.4 is 11.3 Å². The summed E-state index contributed by atoms with van der Waals surface area (Å²) in [4.78, 5) is 15.7. The van der Waals surface area contributed by atoms with Crippen LogP contribution in [0.4, 0.5) is 0 Å². The largest absolute Gasteiger partial charge is 0.330 e. The summed E-state index contributed by atoms with van der Waals surface area (Å²) in [6, 6.07) is 7.61. The lowest BCUT2D eigenvalue weighted by atomic mass is 10.3. The van der Waals surface area contributed by atoms with Crippen molar-refractivity contribution >= 4 is 11.0 Å². The topological polar surface area (TPSA) is 60.9 Å². The summed E-state index contributed by atoms with van der Waals surface area (Å²) in [5.41, 5.74) is 7.09. The normalized spacial score (nSPS) is 10.7. The van der Waals surface area contributed by atoms with Gasteiger partial charge in [0.25, 0.3) is 5.56 Å². The monoisotopic (exact) mass is 203 g/mol. The fraction of sp³-hybridized carbons (Fsp3) is 0.273. The molecule has 78 valence electrons. The third kappa shape index (κ3) is 1.89. The maximum Gasteiger partial charge on any atom is 0.269 e. The number of rotatable bonds is 3. The molecule has 0 amide bonds. The fourth-order valence-corrected chi connectivity index (χ4v) is 1.59. The lowest BCUT2D eigenvalue weighted by Crippen LogP contribution is -2.21. The van der Waals surface area contributed by atoms with E-state index in [1.54, 1.807) is 4.57 Å². The molecule has 0 spiro atoms. The Labute approximate surface area is 87.4 Å². The molecule has 0 fully saturated rings. The van der Waals surface area contributed by atoms with Crippen molar-refractivity contribution in [1.29, 1.82) is 0 Å². The van der Waals surface area contributed by atoms with E-state index in [-0.39, 0.29) is 5.56 Å². The van der Waals surface area contributed by atoms with Crippen LogP contribution in [-0.4, -0.2) is 16.1 Å². The highest BCUT2D eigenvalue weighted by Crippen LogP contribution is 2.08. The van der Waals surface area contributed by atoms with Gasteiger partial charge in [0.05, 0.1) is 17.2 Å². The van der Waals surface area contributed by atoms with Crippen molar-refractivity contribution in [2.75, 3.05) is 6.54 Å². The van der Waals surface area contributed by atoms with E-state index in [9.17, 15) is 4.79 Å². The van der Waals surface area contributed by atoms with Crippen molar-refractivity contribution in [2.45, 2.75) is 13.0 Å². The molecule has 1 aromatic carbocycles. The van der Waals surface area contributed by atoms with Gasteiger partial charge in [-0.05, 0) is 25.1 Å². The van der Waals surface area contributed by atoms with Crippen LogP contribution in [-0.2, 0) is 6.54 Å². The minimum Gasteiger partial charge on any atom is -0.330 e. The molecule has 0 aliphatic heterocycles. The Hall–Kier alpha value is -1.68. The van der Waals surface area contributed by atoms with Crippen LogP contribution >= 0.6 is 0 Å². The maximum atomic E-state index is 11.6. The first-order valence-electron chi connectivity index (χ1n) is 4.97. The number of aromatic nitrogens is 2. The van der Waals surface area contributed by atoms with Crippen LogP contribution in [0.2, 0.25) is 0 Å². The Morgan fingerprint density at radius 3 is 2.93 bits per heavy atom. The molecule has 4 heteroatoms. The number of benzene rings is 1. The third-order valence-corrected chi connectivity index (χ3v) is 2.34. The summed E-state index contributed by atoms with van der Waals surface area (Å²) < 4.78 is 1.72. The van der Waals surface area contributed by atoms with Gasteiger partial charge >= 0.3 is 0 Å². The van der Waals surface area contributed by atoms with Gasteiger partial charge in [0.1, 0.15) is 0 Å². The van der Waals surface area contributed by atoms with Crippen LogP contribution in [0.15, 0.2) is 35.3 Å². The lowest BCUT2D eigenvalue weighted by Gasteiger charge is -2.07. The Morgan fingerprint density at radius 2 is 2.13 bits per heavy atom. The lowest BCUT2D eigenvalue weighted by molar-refractivity contribution is 0.647. The van der Waals surface area contributed by atoms with Crippen molar-refractivity contribution in [3.63, 3.8) is 0 Å². The van der Waals surface area contributed by atoms with E-state index in [0.717, 1.165) is 17.5 Å². The minimum absolute atomic E-state index is 0.0675. The van der Waals surface area contributed by atoms with Gasteiger partial charge in [-0.2, -0.15) is 0 Å². The quantitative estimate of drug-likeness (QED) is 0.800. The van der Waals surface area contributed by atoms with Crippen molar-refractivity contribution in [1.82, 2.24) is 9.55 Å². The first kappa shape index (κ1) is 9.86. The van der Waals surface area contributed by atoms with E-state index in [1.165, 1.54) is 6.20 Å². The minimum atomic E-state index is -0.0675. The summed E-state index contributed by atoms with van der Waals surface area (Å²) in [6.45, 7) is 1.24. The second-order valence-corrected chi connectivity index (χ2v) is 3.38. The third-order valence-electron chi connectivity index (χ3n) is 2.34. The molecule has 4 nitrogen and oxygen atoms in total. The molecule has 2 N–H and O–H groups in total. The predicted molar refractivity (Wildman–Crippen MR) is 59.7 cm³/mol. The summed E-state index contributed by atoms with van der Waals surface area (Å²) in [7, 11) is 0. The van der Waals surface area contributed by atoms with E-state index in [2.05, 4.69) is 4.98 Å². The highest BCUT2D eigenvalue weighted by Gasteiger charge is 2.01. The molecule has 0 radical (unpaired) electrons. The molecule has 0 aliphatic rings. The molecule has 2 rings (SSSR count). The first-order chi connectivity index (χ1) is 7.33. The number of para-hydroxylation sites is 2. The SMILES string of the molecule is NCCCn1c(=O)cnc2ccccc21. The average molecular weight is 203 g/mol. The molecule has 1 heterocycles.